The van der Waals surface area contributed by atoms with Crippen molar-refractivity contribution < 1.29 is 19.5 Å². The first-order valence-corrected chi connectivity index (χ1v) is 9.69. The summed E-state index contributed by atoms with van der Waals surface area (Å²) >= 11 is 0. The first-order chi connectivity index (χ1) is 14.6. The maximum Gasteiger partial charge on any atom is 0.335 e. The Morgan fingerprint density at radius 3 is 2.13 bits per heavy atom. The normalized spacial score (nSPS) is 12.7. The van der Waals surface area contributed by atoms with Crippen LogP contribution in [-0.2, 0) is 6.42 Å². The highest BCUT2D eigenvalue weighted by atomic mass is 16.4. The Morgan fingerprint density at radius 2 is 1.47 bits per heavy atom. The summed E-state index contributed by atoms with van der Waals surface area (Å²) in [4.78, 5) is 37.4. The third kappa shape index (κ3) is 3.67. The van der Waals surface area contributed by atoms with Crippen LogP contribution >= 0.6 is 0 Å². The molecule has 150 valence electrons. The zero-order chi connectivity index (χ0) is 21.1. The number of anilines is 1. The van der Waals surface area contributed by atoms with E-state index in [1.54, 1.807) is 5.01 Å². The number of imide groups is 1. The summed E-state index contributed by atoms with van der Waals surface area (Å²) in [5.41, 5.74) is 2.21. The number of hydrogen-bond acceptors (Lipinski definition) is 4. The van der Waals surface area contributed by atoms with Gasteiger partial charge in [-0.15, -0.1) is 0 Å². The van der Waals surface area contributed by atoms with E-state index < -0.39 is 17.8 Å². The number of para-hydroxylation sites is 1. The lowest BCUT2D eigenvalue weighted by Gasteiger charge is -2.32. The number of carboxylic acid groups (broad SMARTS) is 1. The van der Waals surface area contributed by atoms with Crippen molar-refractivity contribution in [3.05, 3.63) is 101 Å². The van der Waals surface area contributed by atoms with Gasteiger partial charge in [0.15, 0.2) is 0 Å². The van der Waals surface area contributed by atoms with Crippen molar-refractivity contribution in [2.75, 3.05) is 11.6 Å². The number of amides is 2. The number of rotatable bonds is 7. The molecule has 1 heterocycles. The van der Waals surface area contributed by atoms with E-state index in [9.17, 15) is 19.5 Å². The highest BCUT2D eigenvalue weighted by Crippen LogP contribution is 2.29. The molecule has 2 amide bonds. The zero-order valence-electron chi connectivity index (χ0n) is 16.2. The summed E-state index contributed by atoms with van der Waals surface area (Å²) in [6.45, 7) is 0.455. The van der Waals surface area contributed by atoms with Crippen LogP contribution in [0.1, 0.15) is 43.1 Å². The van der Waals surface area contributed by atoms with Gasteiger partial charge in [0.2, 0.25) is 0 Å². The van der Waals surface area contributed by atoms with Gasteiger partial charge in [-0.25, -0.2) is 4.79 Å². The molecule has 6 heteroatoms. The fourth-order valence-electron chi connectivity index (χ4n) is 3.60. The van der Waals surface area contributed by atoms with E-state index in [-0.39, 0.29) is 16.7 Å². The maximum absolute atomic E-state index is 13.1. The second-order valence-corrected chi connectivity index (χ2v) is 7.04. The quantitative estimate of drug-likeness (QED) is 0.606. The van der Waals surface area contributed by atoms with Crippen LogP contribution < -0.4 is 5.01 Å². The number of fused-ring (bicyclic) bond motifs is 1. The number of carbonyl (C=O) groups excluding carboxylic acids is 2. The summed E-state index contributed by atoms with van der Waals surface area (Å²) in [7, 11) is 0. The molecule has 0 spiro atoms. The lowest BCUT2D eigenvalue weighted by Crippen LogP contribution is -2.47. The van der Waals surface area contributed by atoms with Crippen molar-refractivity contribution in [1.29, 1.82) is 0 Å². The molecule has 1 aliphatic rings. The first-order valence-electron chi connectivity index (χ1n) is 9.69. The van der Waals surface area contributed by atoms with Gasteiger partial charge in [0.1, 0.15) is 0 Å². The third-order valence-electron chi connectivity index (χ3n) is 5.09. The van der Waals surface area contributed by atoms with Crippen LogP contribution in [0.2, 0.25) is 0 Å². The Hall–Kier alpha value is -3.93. The molecule has 0 bridgehead atoms. The Bertz CT molecular complexity index is 1100. The van der Waals surface area contributed by atoms with E-state index in [1.807, 2.05) is 60.7 Å². The fourth-order valence-corrected chi connectivity index (χ4v) is 3.60. The van der Waals surface area contributed by atoms with Crippen LogP contribution in [0.3, 0.4) is 0 Å². The first kappa shape index (κ1) is 19.4. The van der Waals surface area contributed by atoms with Crippen LogP contribution in [0, 0.1) is 0 Å². The average molecular weight is 400 g/mol. The number of hydrogen-bond donors (Lipinski definition) is 1. The molecular weight excluding hydrogens is 380 g/mol. The molecule has 3 aromatic carbocycles. The monoisotopic (exact) mass is 400 g/mol. The molecule has 0 unspecified atom stereocenters. The molecule has 0 saturated heterocycles. The molecule has 0 atom stereocenters. The smallest absolute Gasteiger partial charge is 0.335 e. The van der Waals surface area contributed by atoms with Crippen molar-refractivity contribution >= 4 is 23.5 Å². The van der Waals surface area contributed by atoms with Crippen molar-refractivity contribution in [2.45, 2.75) is 12.8 Å². The van der Waals surface area contributed by atoms with E-state index in [2.05, 4.69) is 0 Å². The van der Waals surface area contributed by atoms with Gasteiger partial charge in [-0.3, -0.25) is 14.6 Å². The number of nitrogens with zero attached hydrogens (tertiary/aromatic N) is 2. The standard InChI is InChI=1S/C24H20N2O4/c27-22-20-14-13-18(24(29)30)16-21(20)23(28)26(22)25(19-11-5-2-6-12-19)15-7-10-17-8-3-1-4-9-17/h1-6,8-9,11-14,16H,7,10,15H2,(H,29,30). The summed E-state index contributed by atoms with van der Waals surface area (Å²) < 4.78 is 0. The fraction of sp³-hybridized carbons (Fsp3) is 0.125. The van der Waals surface area contributed by atoms with E-state index in [4.69, 9.17) is 0 Å². The maximum atomic E-state index is 13.1. The van der Waals surface area contributed by atoms with Crippen LogP contribution in [-0.4, -0.2) is 34.4 Å². The Kier molecular flexibility index (Phi) is 5.30. The molecular formula is C24H20N2O4. The lowest BCUT2D eigenvalue weighted by molar-refractivity contribution is 0.0632. The molecule has 0 fully saturated rings. The second kappa shape index (κ2) is 8.21. The number of carbonyl (C=O) groups is 3. The van der Waals surface area contributed by atoms with Gasteiger partial charge in [-0.1, -0.05) is 48.5 Å². The summed E-state index contributed by atoms with van der Waals surface area (Å²) in [6, 6.07) is 23.3. The highest BCUT2D eigenvalue weighted by Gasteiger charge is 2.40. The number of aromatic carboxylic acids is 1. The molecule has 4 rings (SSSR count). The van der Waals surface area contributed by atoms with E-state index in [1.165, 1.54) is 23.8 Å². The van der Waals surface area contributed by atoms with Gasteiger partial charge in [0.05, 0.1) is 22.4 Å². The summed E-state index contributed by atoms with van der Waals surface area (Å²) in [5, 5.41) is 12.0. The number of hydrazine groups is 1. The van der Waals surface area contributed by atoms with Crippen LogP contribution in [0.4, 0.5) is 5.69 Å². The molecule has 30 heavy (non-hydrogen) atoms. The topological polar surface area (TPSA) is 77.9 Å². The average Bonchev–Trinajstić information content (AvgIpc) is 3.02. The molecule has 0 radical (unpaired) electrons. The van der Waals surface area contributed by atoms with E-state index >= 15 is 0 Å². The van der Waals surface area contributed by atoms with Gasteiger partial charge in [-0.05, 0) is 48.7 Å². The molecule has 0 aliphatic carbocycles. The van der Waals surface area contributed by atoms with Gasteiger partial charge in [-0.2, -0.15) is 5.01 Å². The van der Waals surface area contributed by atoms with Gasteiger partial charge >= 0.3 is 5.97 Å². The minimum absolute atomic E-state index is 0.0212. The zero-order valence-corrected chi connectivity index (χ0v) is 16.2. The Morgan fingerprint density at radius 1 is 0.833 bits per heavy atom. The number of benzene rings is 3. The van der Waals surface area contributed by atoms with Crippen molar-refractivity contribution in [2.24, 2.45) is 0 Å². The predicted octanol–water partition coefficient (Wildman–Crippen LogP) is 4.04. The van der Waals surface area contributed by atoms with Crippen molar-refractivity contribution in [3.63, 3.8) is 0 Å². The number of carboxylic acids is 1. The minimum Gasteiger partial charge on any atom is -0.478 e. The van der Waals surface area contributed by atoms with Crippen molar-refractivity contribution in [1.82, 2.24) is 5.01 Å². The summed E-state index contributed by atoms with van der Waals surface area (Å²) in [6.07, 6.45) is 1.53. The van der Waals surface area contributed by atoms with Crippen molar-refractivity contribution in [3.8, 4) is 0 Å². The highest BCUT2D eigenvalue weighted by molar-refractivity contribution is 6.22. The minimum atomic E-state index is -1.14. The van der Waals surface area contributed by atoms with Gasteiger partial charge in [0, 0.05) is 6.54 Å². The SMILES string of the molecule is O=C(O)c1ccc2c(c1)C(=O)N(N(CCCc1ccccc1)c1ccccc1)C2=O. The molecule has 0 saturated carbocycles. The van der Waals surface area contributed by atoms with E-state index in [0.717, 1.165) is 23.5 Å². The molecule has 1 N–H and O–H groups in total. The summed E-state index contributed by atoms with van der Waals surface area (Å²) in [5.74, 6) is -2.10. The Labute approximate surface area is 173 Å². The Balaban J connectivity index is 1.62. The molecule has 3 aromatic rings. The molecule has 6 nitrogen and oxygen atoms in total. The van der Waals surface area contributed by atoms with E-state index in [0.29, 0.717) is 6.54 Å². The van der Waals surface area contributed by atoms with Crippen LogP contribution in [0.25, 0.3) is 0 Å². The number of aryl methyl sites for hydroxylation is 1. The predicted molar refractivity (Wildman–Crippen MR) is 112 cm³/mol. The van der Waals surface area contributed by atoms with Gasteiger partial charge < -0.3 is 5.11 Å². The second-order valence-electron chi connectivity index (χ2n) is 7.04. The molecule has 0 aromatic heterocycles. The lowest BCUT2D eigenvalue weighted by atomic mass is 10.1. The largest absolute Gasteiger partial charge is 0.478 e. The molecule has 1 aliphatic heterocycles. The third-order valence-corrected chi connectivity index (χ3v) is 5.09. The van der Waals surface area contributed by atoms with Gasteiger partial charge in [0.25, 0.3) is 11.8 Å². The van der Waals surface area contributed by atoms with Crippen LogP contribution in [0.15, 0.2) is 78.9 Å². The van der Waals surface area contributed by atoms with Crippen LogP contribution in [0.5, 0.6) is 0 Å².